The van der Waals surface area contributed by atoms with Crippen LogP contribution in [0, 0.1) is 0 Å². The Labute approximate surface area is 257 Å². The minimum Gasteiger partial charge on any atom is -0.497 e. The van der Waals surface area contributed by atoms with Gasteiger partial charge >= 0.3 is 12.0 Å². The van der Waals surface area contributed by atoms with E-state index >= 15 is 0 Å². The molecule has 1 aliphatic rings. The average Bonchev–Trinajstić information content (AvgIpc) is 3.27. The first-order valence-corrected chi connectivity index (χ1v) is 13.5. The summed E-state index contributed by atoms with van der Waals surface area (Å²) < 4.78 is 10.4. The van der Waals surface area contributed by atoms with E-state index in [9.17, 15) is 33.9 Å². The zero-order valence-corrected chi connectivity index (χ0v) is 24.8. The monoisotopic (exact) mass is 623 g/mol. The van der Waals surface area contributed by atoms with Gasteiger partial charge in [-0.25, -0.2) is 9.80 Å². The number of hydrazine groups is 1. The van der Waals surface area contributed by atoms with Crippen molar-refractivity contribution < 1.29 is 43.3 Å². The SMILES string of the molecule is COc1ccc(Cc2ccc(OC)cc2C(=O)NC(=O)[C@H](CC(=O)O)N(C(C)=O)N2C(=O)N=C(CCCN=C(N)N)C2=O)cc1. The third-order valence-corrected chi connectivity index (χ3v) is 6.57. The fourth-order valence-electron chi connectivity index (χ4n) is 4.46. The van der Waals surface area contributed by atoms with Gasteiger partial charge < -0.3 is 26.0 Å². The summed E-state index contributed by atoms with van der Waals surface area (Å²) in [5.41, 5.74) is 11.6. The van der Waals surface area contributed by atoms with Gasteiger partial charge in [0, 0.05) is 19.0 Å². The molecule has 0 aromatic heterocycles. The highest BCUT2D eigenvalue weighted by Crippen LogP contribution is 2.23. The second-order valence-electron chi connectivity index (χ2n) is 9.71. The number of aliphatic imine (C=N–C) groups is 2. The number of urea groups is 1. The highest BCUT2D eigenvalue weighted by molar-refractivity contribution is 6.46. The van der Waals surface area contributed by atoms with Crippen LogP contribution in [0.5, 0.6) is 11.5 Å². The lowest BCUT2D eigenvalue weighted by Gasteiger charge is -2.33. The third kappa shape index (κ3) is 8.62. The summed E-state index contributed by atoms with van der Waals surface area (Å²) in [6.07, 6.45) is -0.614. The Morgan fingerprint density at radius 2 is 1.69 bits per heavy atom. The Morgan fingerprint density at radius 3 is 2.27 bits per heavy atom. The summed E-state index contributed by atoms with van der Waals surface area (Å²) in [5, 5.41) is 12.4. The molecule has 1 atom stereocenters. The molecule has 6 N–H and O–H groups in total. The molecule has 1 heterocycles. The fourth-order valence-corrected chi connectivity index (χ4v) is 4.46. The van der Waals surface area contributed by atoms with Crippen molar-refractivity contribution in [3.8, 4) is 11.5 Å². The van der Waals surface area contributed by atoms with Gasteiger partial charge in [0.05, 0.1) is 20.6 Å². The molecule has 238 valence electrons. The van der Waals surface area contributed by atoms with Crippen molar-refractivity contribution in [2.75, 3.05) is 20.8 Å². The third-order valence-electron chi connectivity index (χ3n) is 6.57. The van der Waals surface area contributed by atoms with E-state index in [0.29, 0.717) is 22.1 Å². The molecule has 16 heteroatoms. The van der Waals surface area contributed by atoms with Gasteiger partial charge in [-0.3, -0.25) is 34.3 Å². The number of guanidine groups is 1. The van der Waals surface area contributed by atoms with E-state index in [1.54, 1.807) is 36.4 Å². The molecule has 0 spiro atoms. The number of aliphatic carboxylic acids is 1. The number of ether oxygens (including phenoxy) is 2. The summed E-state index contributed by atoms with van der Waals surface area (Å²) in [5.74, 6) is -5.03. The Kier molecular flexibility index (Phi) is 11.3. The summed E-state index contributed by atoms with van der Waals surface area (Å²) in [6, 6.07) is 8.54. The van der Waals surface area contributed by atoms with Crippen molar-refractivity contribution in [3.63, 3.8) is 0 Å². The minimum absolute atomic E-state index is 0.0293. The van der Waals surface area contributed by atoms with Crippen molar-refractivity contribution in [1.82, 2.24) is 15.3 Å². The van der Waals surface area contributed by atoms with Crippen LogP contribution in [0.15, 0.2) is 52.4 Å². The van der Waals surface area contributed by atoms with Gasteiger partial charge in [-0.2, -0.15) is 10.0 Å². The van der Waals surface area contributed by atoms with Gasteiger partial charge in [-0.15, -0.1) is 0 Å². The molecule has 1 aliphatic heterocycles. The summed E-state index contributed by atoms with van der Waals surface area (Å²) in [4.78, 5) is 84.7. The number of hydrogen-bond acceptors (Lipinski definition) is 9. The molecule has 0 bridgehead atoms. The van der Waals surface area contributed by atoms with Gasteiger partial charge in [0.25, 0.3) is 17.7 Å². The van der Waals surface area contributed by atoms with E-state index in [1.807, 2.05) is 0 Å². The van der Waals surface area contributed by atoms with E-state index < -0.39 is 48.1 Å². The molecular formula is C29H33N7O9. The van der Waals surface area contributed by atoms with Crippen LogP contribution in [-0.4, -0.2) is 89.2 Å². The highest BCUT2D eigenvalue weighted by Gasteiger charge is 2.44. The lowest BCUT2D eigenvalue weighted by atomic mass is 9.98. The van der Waals surface area contributed by atoms with Crippen molar-refractivity contribution in [3.05, 3.63) is 59.2 Å². The normalized spacial score (nSPS) is 13.0. The topological polar surface area (TPSA) is 236 Å². The zero-order valence-electron chi connectivity index (χ0n) is 24.8. The molecule has 0 radical (unpaired) electrons. The predicted molar refractivity (Wildman–Crippen MR) is 159 cm³/mol. The Morgan fingerprint density at radius 1 is 1.04 bits per heavy atom. The van der Waals surface area contributed by atoms with Gasteiger partial charge in [0.2, 0.25) is 5.91 Å². The van der Waals surface area contributed by atoms with Gasteiger partial charge in [-0.1, -0.05) is 18.2 Å². The van der Waals surface area contributed by atoms with E-state index in [2.05, 4.69) is 15.3 Å². The maximum Gasteiger partial charge on any atom is 0.370 e. The number of imide groups is 2. The number of carbonyl (C=O) groups is 6. The molecule has 16 nitrogen and oxygen atoms in total. The molecule has 0 saturated carbocycles. The van der Waals surface area contributed by atoms with Gasteiger partial charge in [0.1, 0.15) is 23.3 Å². The van der Waals surface area contributed by atoms with E-state index in [0.717, 1.165) is 12.5 Å². The molecule has 0 saturated heterocycles. The van der Waals surface area contributed by atoms with Crippen LogP contribution >= 0.6 is 0 Å². The van der Waals surface area contributed by atoms with Crippen LogP contribution in [0.1, 0.15) is 47.7 Å². The number of hydrogen-bond donors (Lipinski definition) is 4. The van der Waals surface area contributed by atoms with Crippen molar-refractivity contribution in [2.24, 2.45) is 21.5 Å². The molecular weight excluding hydrogens is 590 g/mol. The molecule has 0 unspecified atom stereocenters. The Bertz CT molecular complexity index is 1550. The molecule has 0 fully saturated rings. The van der Waals surface area contributed by atoms with Crippen LogP contribution in [0.2, 0.25) is 0 Å². The van der Waals surface area contributed by atoms with E-state index in [-0.39, 0.29) is 48.1 Å². The number of rotatable bonds is 14. The van der Waals surface area contributed by atoms with Crippen molar-refractivity contribution in [2.45, 2.75) is 38.6 Å². The number of methoxy groups -OCH3 is 2. The number of nitrogens with two attached hydrogens (primary N) is 2. The summed E-state index contributed by atoms with van der Waals surface area (Å²) in [7, 11) is 2.92. The fraction of sp³-hybridized carbons (Fsp3) is 0.310. The maximum absolute atomic E-state index is 13.5. The van der Waals surface area contributed by atoms with Gasteiger partial charge in [-0.05, 0) is 54.7 Å². The number of carbonyl (C=O) groups excluding carboxylic acids is 5. The smallest absolute Gasteiger partial charge is 0.370 e. The molecule has 45 heavy (non-hydrogen) atoms. The second-order valence-corrected chi connectivity index (χ2v) is 9.71. The standard InChI is InChI=1S/C29H33N7O9/c1-16(37)35(36-27(42)22(33-29(36)43)5-4-12-32-28(30)31)23(15-24(38)39)26(41)34-25(40)21-14-20(45-3)11-8-18(21)13-17-6-9-19(44-2)10-7-17/h6-11,14,23H,4-5,12-13,15H2,1-3H3,(H,38,39)(H4,30,31,32)(H,34,40,41)/t23-/m0/s1. The molecule has 2 aromatic carbocycles. The first kappa shape index (κ1) is 33.7. The van der Waals surface area contributed by atoms with Crippen LogP contribution in [0.4, 0.5) is 4.79 Å². The van der Waals surface area contributed by atoms with Crippen LogP contribution in [-0.2, 0) is 25.6 Å². The highest BCUT2D eigenvalue weighted by atomic mass is 16.5. The molecule has 3 rings (SSSR count). The first-order chi connectivity index (χ1) is 21.4. The van der Waals surface area contributed by atoms with E-state index in [4.69, 9.17) is 20.9 Å². The second kappa shape index (κ2) is 15.1. The minimum atomic E-state index is -1.98. The number of nitrogens with one attached hydrogen (secondary N) is 1. The lowest BCUT2D eigenvalue weighted by molar-refractivity contribution is -0.162. The number of carboxylic acid groups (broad SMARTS) is 1. The molecule has 6 amide bonds. The van der Waals surface area contributed by atoms with Crippen LogP contribution in [0.3, 0.4) is 0 Å². The number of nitrogens with zero attached hydrogens (tertiary/aromatic N) is 4. The average molecular weight is 624 g/mol. The summed E-state index contributed by atoms with van der Waals surface area (Å²) in [6.45, 7) is 1.05. The molecule has 0 aliphatic carbocycles. The Balaban J connectivity index is 1.88. The molecule has 2 aromatic rings. The van der Waals surface area contributed by atoms with Gasteiger partial charge in [0.15, 0.2) is 5.96 Å². The first-order valence-electron chi connectivity index (χ1n) is 13.5. The Hall–Kier alpha value is -5.80. The van der Waals surface area contributed by atoms with Crippen molar-refractivity contribution >= 4 is 47.3 Å². The van der Waals surface area contributed by atoms with E-state index in [1.165, 1.54) is 20.3 Å². The van der Waals surface area contributed by atoms with Crippen LogP contribution in [0.25, 0.3) is 0 Å². The summed E-state index contributed by atoms with van der Waals surface area (Å²) >= 11 is 0. The number of amides is 6. The quantitative estimate of drug-likeness (QED) is 0.129. The predicted octanol–water partition coefficient (Wildman–Crippen LogP) is 0.615. The lowest BCUT2D eigenvalue weighted by Crippen LogP contribution is -2.60. The largest absolute Gasteiger partial charge is 0.497 e. The number of benzene rings is 2. The van der Waals surface area contributed by atoms with Crippen LogP contribution < -0.4 is 26.3 Å². The van der Waals surface area contributed by atoms with Crippen molar-refractivity contribution in [1.29, 1.82) is 0 Å². The maximum atomic E-state index is 13.5. The number of carboxylic acids is 1. The zero-order chi connectivity index (χ0) is 33.3.